The second-order valence-corrected chi connectivity index (χ2v) is 4.68. The van der Waals surface area contributed by atoms with Crippen LogP contribution in [0.2, 0.25) is 0 Å². The monoisotopic (exact) mass is 255 g/mol. The van der Waals surface area contributed by atoms with Crippen LogP contribution in [0, 0.1) is 0 Å². The first-order valence-electron chi connectivity index (χ1n) is 5.28. The quantitative estimate of drug-likeness (QED) is 0.478. The lowest BCUT2D eigenvalue weighted by Gasteiger charge is -2.02. The van der Waals surface area contributed by atoms with Crippen molar-refractivity contribution in [1.82, 2.24) is 5.32 Å². The van der Waals surface area contributed by atoms with E-state index in [1.807, 2.05) is 0 Å². The van der Waals surface area contributed by atoms with Crippen molar-refractivity contribution in [1.29, 1.82) is 0 Å². The molecule has 98 valence electrons. The van der Waals surface area contributed by atoms with Gasteiger partial charge in [0, 0.05) is 0 Å². The summed E-state index contributed by atoms with van der Waals surface area (Å²) in [6.07, 6.45) is -0.663. The van der Waals surface area contributed by atoms with Crippen molar-refractivity contribution >= 4 is 13.6 Å². The summed E-state index contributed by atoms with van der Waals surface area (Å²) in [7, 11) is -4.04. The van der Waals surface area contributed by atoms with Crippen LogP contribution in [0.3, 0.4) is 0 Å². The van der Waals surface area contributed by atoms with Gasteiger partial charge in [0.2, 0.25) is 0 Å². The maximum atomic E-state index is 10.5. The fourth-order valence-electron chi connectivity index (χ4n) is 0.720. The summed E-state index contributed by atoms with van der Waals surface area (Å²) in [6, 6.07) is 0. The number of carbonyl (C=O) groups is 1. The molecule has 0 aliphatic heterocycles. The molecule has 0 spiro atoms. The van der Waals surface area contributed by atoms with Crippen molar-refractivity contribution < 1.29 is 23.9 Å². The van der Waals surface area contributed by atoms with Crippen LogP contribution in [-0.4, -0.2) is 41.6 Å². The summed E-state index contributed by atoms with van der Waals surface area (Å²) >= 11 is 0. The second kappa shape index (κ2) is 11.1. The van der Waals surface area contributed by atoms with Gasteiger partial charge < -0.3 is 19.8 Å². The van der Waals surface area contributed by atoms with Gasteiger partial charge in [-0.15, -0.1) is 0 Å². The molecule has 0 rings (SSSR count). The van der Waals surface area contributed by atoms with E-state index in [0.717, 1.165) is 13.1 Å². The molecule has 0 atom stereocenters. The van der Waals surface area contributed by atoms with Crippen LogP contribution in [-0.2, 0) is 14.1 Å². The average Bonchev–Trinajstić information content (AvgIpc) is 2.17. The fraction of sp³-hybridized carbons (Fsp3) is 0.889. The maximum absolute atomic E-state index is 10.5. The molecule has 0 fully saturated rings. The van der Waals surface area contributed by atoms with Crippen molar-refractivity contribution in [3.8, 4) is 0 Å². The van der Waals surface area contributed by atoms with Gasteiger partial charge in [0.1, 0.15) is 0 Å². The van der Waals surface area contributed by atoms with Crippen LogP contribution in [0.15, 0.2) is 0 Å². The highest BCUT2D eigenvalue weighted by atomic mass is 31.2. The predicted molar refractivity (Wildman–Crippen MR) is 62.4 cm³/mol. The Labute approximate surface area is 96.5 Å². The molecule has 0 amide bonds. The van der Waals surface area contributed by atoms with Gasteiger partial charge in [-0.05, 0) is 20.0 Å². The SMILES string of the molecule is CCNCC.CCOC(=O)CCP(=O)(O)O. The molecule has 6 nitrogen and oxygen atoms in total. The topological polar surface area (TPSA) is 95.9 Å². The van der Waals surface area contributed by atoms with Gasteiger partial charge in [0.15, 0.2) is 0 Å². The number of rotatable bonds is 6. The van der Waals surface area contributed by atoms with Crippen LogP contribution in [0.4, 0.5) is 0 Å². The molecular formula is C9H22NO5P. The van der Waals surface area contributed by atoms with Crippen molar-refractivity contribution in [2.75, 3.05) is 25.9 Å². The highest BCUT2D eigenvalue weighted by Crippen LogP contribution is 2.34. The van der Waals surface area contributed by atoms with Crippen LogP contribution in [0.5, 0.6) is 0 Å². The van der Waals surface area contributed by atoms with E-state index in [0.29, 0.717) is 0 Å². The van der Waals surface area contributed by atoms with E-state index in [2.05, 4.69) is 23.9 Å². The molecule has 0 bridgehead atoms. The molecule has 0 aliphatic rings. The van der Waals surface area contributed by atoms with Gasteiger partial charge in [-0.1, -0.05) is 13.8 Å². The third-order valence-corrected chi connectivity index (χ3v) is 2.22. The summed E-state index contributed by atoms with van der Waals surface area (Å²) < 4.78 is 14.7. The Balaban J connectivity index is 0. The van der Waals surface area contributed by atoms with Crippen LogP contribution >= 0.6 is 7.60 Å². The van der Waals surface area contributed by atoms with E-state index in [1.54, 1.807) is 6.92 Å². The number of esters is 1. The van der Waals surface area contributed by atoms with Gasteiger partial charge in [0.05, 0.1) is 19.2 Å². The summed E-state index contributed by atoms with van der Waals surface area (Å²) in [5, 5.41) is 3.11. The van der Waals surface area contributed by atoms with Crippen molar-refractivity contribution in [2.45, 2.75) is 27.2 Å². The summed E-state index contributed by atoms with van der Waals surface area (Å²) in [4.78, 5) is 27.2. The first-order chi connectivity index (χ1) is 7.37. The average molecular weight is 255 g/mol. The third kappa shape index (κ3) is 19.2. The van der Waals surface area contributed by atoms with Crippen molar-refractivity contribution in [3.05, 3.63) is 0 Å². The van der Waals surface area contributed by atoms with E-state index >= 15 is 0 Å². The molecule has 16 heavy (non-hydrogen) atoms. The van der Waals surface area contributed by atoms with Gasteiger partial charge in [-0.3, -0.25) is 9.36 Å². The van der Waals surface area contributed by atoms with Gasteiger partial charge >= 0.3 is 13.6 Å². The minimum Gasteiger partial charge on any atom is -0.466 e. The molecule has 0 aromatic rings. The Morgan fingerprint density at radius 2 is 1.75 bits per heavy atom. The molecule has 0 aliphatic carbocycles. The number of hydrogen-bond donors (Lipinski definition) is 3. The Morgan fingerprint density at radius 1 is 1.25 bits per heavy atom. The largest absolute Gasteiger partial charge is 0.466 e. The number of hydrogen-bond acceptors (Lipinski definition) is 4. The first-order valence-corrected chi connectivity index (χ1v) is 7.08. The van der Waals surface area contributed by atoms with Crippen molar-refractivity contribution in [3.63, 3.8) is 0 Å². The maximum Gasteiger partial charge on any atom is 0.326 e. The van der Waals surface area contributed by atoms with Gasteiger partial charge in [-0.25, -0.2) is 0 Å². The van der Waals surface area contributed by atoms with Crippen molar-refractivity contribution in [2.24, 2.45) is 0 Å². The fourth-order valence-corrected chi connectivity index (χ4v) is 1.19. The number of nitrogens with one attached hydrogen (secondary N) is 1. The van der Waals surface area contributed by atoms with Crippen LogP contribution in [0.1, 0.15) is 27.2 Å². The molecule has 0 aromatic heterocycles. The van der Waals surface area contributed by atoms with E-state index in [-0.39, 0.29) is 13.0 Å². The van der Waals surface area contributed by atoms with Crippen LogP contribution in [0.25, 0.3) is 0 Å². The second-order valence-electron chi connectivity index (χ2n) is 2.90. The molecule has 0 radical (unpaired) electrons. The predicted octanol–water partition coefficient (Wildman–Crippen LogP) is 0.733. The van der Waals surface area contributed by atoms with E-state index in [1.165, 1.54) is 0 Å². The Bertz CT molecular complexity index is 214. The van der Waals surface area contributed by atoms with E-state index in [9.17, 15) is 9.36 Å². The minimum absolute atomic E-state index is 0.224. The molecule has 3 N–H and O–H groups in total. The highest BCUT2D eigenvalue weighted by molar-refractivity contribution is 7.51. The molecular weight excluding hydrogens is 233 g/mol. The summed E-state index contributed by atoms with van der Waals surface area (Å²) in [5.41, 5.74) is 0. The zero-order valence-corrected chi connectivity index (χ0v) is 11.0. The summed E-state index contributed by atoms with van der Waals surface area (Å²) in [6.45, 7) is 8.26. The zero-order chi connectivity index (χ0) is 13.0. The van der Waals surface area contributed by atoms with E-state index in [4.69, 9.17) is 9.79 Å². The van der Waals surface area contributed by atoms with E-state index < -0.39 is 19.7 Å². The molecule has 0 saturated heterocycles. The van der Waals surface area contributed by atoms with Crippen LogP contribution < -0.4 is 5.32 Å². The Kier molecular flexibility index (Phi) is 12.4. The van der Waals surface area contributed by atoms with Gasteiger partial charge in [0.25, 0.3) is 0 Å². The number of carbonyl (C=O) groups excluding carboxylic acids is 1. The van der Waals surface area contributed by atoms with Gasteiger partial charge in [-0.2, -0.15) is 0 Å². The smallest absolute Gasteiger partial charge is 0.326 e. The lowest BCUT2D eigenvalue weighted by atomic mass is 10.5. The molecule has 0 aromatic carbocycles. The zero-order valence-electron chi connectivity index (χ0n) is 10.1. The minimum atomic E-state index is -4.04. The lowest BCUT2D eigenvalue weighted by molar-refractivity contribution is -0.142. The summed E-state index contributed by atoms with van der Waals surface area (Å²) in [5.74, 6) is -0.573. The normalized spacial score (nSPS) is 10.3. The number of ether oxygens (including phenoxy) is 1. The Hall–Kier alpha value is -0.420. The highest BCUT2D eigenvalue weighted by Gasteiger charge is 2.15. The standard InChI is InChI=1S/C5H11O5P.C4H11N/c1-2-10-5(6)3-4-11(7,8)9;1-3-5-4-2/h2-4H2,1H3,(H2,7,8,9);5H,3-4H2,1-2H3. The Morgan fingerprint density at radius 3 is 2.00 bits per heavy atom. The third-order valence-electron chi connectivity index (χ3n) is 1.41. The molecule has 7 heteroatoms. The first kappa shape index (κ1) is 18.0. The molecule has 0 heterocycles. The molecule has 0 saturated carbocycles. The lowest BCUT2D eigenvalue weighted by Crippen LogP contribution is -2.09. The molecule has 0 unspecified atom stereocenters.